The summed E-state index contributed by atoms with van der Waals surface area (Å²) < 4.78 is 0. The maximum atomic E-state index is 11.4. The molecule has 1 aromatic rings. The number of nitrogens with two attached hydrogens (primary N) is 1. The Balaban J connectivity index is 1.75. The molecule has 1 amide bonds. The summed E-state index contributed by atoms with van der Waals surface area (Å²) >= 11 is 0. The van der Waals surface area contributed by atoms with Crippen molar-refractivity contribution in [2.45, 2.75) is 13.3 Å². The molecule has 0 saturated carbocycles. The van der Waals surface area contributed by atoms with Gasteiger partial charge in [0.2, 0.25) is 5.91 Å². The molecule has 1 saturated heterocycles. The molecule has 0 spiro atoms. The van der Waals surface area contributed by atoms with Crippen molar-refractivity contribution in [3.63, 3.8) is 0 Å². The molecule has 1 aliphatic rings. The minimum Gasteiger partial charge on any atom is -0.399 e. The average Bonchev–Trinajstić information content (AvgIpc) is 2.47. The van der Waals surface area contributed by atoms with Crippen LogP contribution in [0.2, 0.25) is 0 Å². The highest BCUT2D eigenvalue weighted by molar-refractivity contribution is 5.75. The molecule has 1 aromatic carbocycles. The van der Waals surface area contributed by atoms with Crippen LogP contribution in [0, 0.1) is 0 Å². The van der Waals surface area contributed by atoms with Gasteiger partial charge in [0.25, 0.3) is 0 Å². The smallest absolute Gasteiger partial charge is 0.221 e. The number of carbonyl (C=O) groups excluding carboxylic acids is 1. The van der Waals surface area contributed by atoms with Gasteiger partial charge < -0.3 is 16.0 Å². The molecule has 1 fully saturated rings. The van der Waals surface area contributed by atoms with Crippen LogP contribution in [-0.2, 0) is 4.79 Å². The van der Waals surface area contributed by atoms with E-state index in [0.29, 0.717) is 13.0 Å². The Labute approximate surface area is 120 Å². The highest BCUT2D eigenvalue weighted by Gasteiger charge is 2.17. The Morgan fingerprint density at radius 1 is 1.20 bits per heavy atom. The monoisotopic (exact) mass is 276 g/mol. The summed E-state index contributed by atoms with van der Waals surface area (Å²) in [6, 6.07) is 8.02. The molecule has 5 nitrogen and oxygen atoms in total. The van der Waals surface area contributed by atoms with Crippen molar-refractivity contribution < 1.29 is 4.79 Å². The Morgan fingerprint density at radius 3 is 2.45 bits per heavy atom. The van der Waals surface area contributed by atoms with Crippen LogP contribution in [0.15, 0.2) is 24.3 Å². The van der Waals surface area contributed by atoms with Crippen molar-refractivity contribution >= 4 is 17.3 Å². The predicted octanol–water partition coefficient (Wildman–Crippen LogP) is 0.917. The Bertz CT molecular complexity index is 424. The van der Waals surface area contributed by atoms with Gasteiger partial charge in [0.1, 0.15) is 0 Å². The fourth-order valence-corrected chi connectivity index (χ4v) is 2.46. The Kier molecular flexibility index (Phi) is 5.24. The van der Waals surface area contributed by atoms with Gasteiger partial charge in [-0.05, 0) is 31.2 Å². The van der Waals surface area contributed by atoms with E-state index in [4.69, 9.17) is 5.73 Å². The highest BCUT2D eigenvalue weighted by Crippen LogP contribution is 2.18. The van der Waals surface area contributed by atoms with Crippen LogP contribution in [0.4, 0.5) is 11.4 Å². The van der Waals surface area contributed by atoms with Crippen molar-refractivity contribution in [2.75, 3.05) is 49.9 Å². The molecule has 0 atom stereocenters. The molecule has 1 aliphatic heterocycles. The number of amides is 1. The maximum absolute atomic E-state index is 11.4. The van der Waals surface area contributed by atoms with E-state index in [9.17, 15) is 4.79 Å². The summed E-state index contributed by atoms with van der Waals surface area (Å²) in [7, 11) is 0. The van der Waals surface area contributed by atoms with Crippen molar-refractivity contribution in [3.05, 3.63) is 24.3 Å². The number of anilines is 2. The number of hydrogen-bond donors (Lipinski definition) is 2. The topological polar surface area (TPSA) is 61.6 Å². The summed E-state index contributed by atoms with van der Waals surface area (Å²) in [6.45, 7) is 7.51. The summed E-state index contributed by atoms with van der Waals surface area (Å²) in [5.41, 5.74) is 7.73. The lowest BCUT2D eigenvalue weighted by Crippen LogP contribution is -2.47. The molecule has 1 heterocycles. The van der Waals surface area contributed by atoms with Crippen LogP contribution in [-0.4, -0.2) is 50.1 Å². The van der Waals surface area contributed by atoms with Crippen LogP contribution in [0.25, 0.3) is 0 Å². The Hall–Kier alpha value is -1.75. The van der Waals surface area contributed by atoms with Crippen molar-refractivity contribution in [3.8, 4) is 0 Å². The zero-order valence-corrected chi connectivity index (χ0v) is 12.1. The molecule has 20 heavy (non-hydrogen) atoms. The van der Waals surface area contributed by atoms with E-state index in [1.165, 1.54) is 5.69 Å². The van der Waals surface area contributed by atoms with Crippen LogP contribution in [0.1, 0.15) is 13.3 Å². The molecular formula is C15H24N4O. The van der Waals surface area contributed by atoms with Gasteiger partial charge in [-0.2, -0.15) is 0 Å². The first-order valence-electron chi connectivity index (χ1n) is 7.28. The number of benzene rings is 1. The molecule has 2 rings (SSSR count). The van der Waals surface area contributed by atoms with Crippen molar-refractivity contribution in [1.82, 2.24) is 10.2 Å². The van der Waals surface area contributed by atoms with E-state index in [1.54, 1.807) is 0 Å². The molecule has 0 bridgehead atoms. The highest BCUT2D eigenvalue weighted by atomic mass is 16.1. The third-order valence-electron chi connectivity index (χ3n) is 3.66. The molecule has 3 N–H and O–H groups in total. The van der Waals surface area contributed by atoms with Gasteiger partial charge in [0.15, 0.2) is 0 Å². The molecular weight excluding hydrogens is 252 g/mol. The zero-order valence-electron chi connectivity index (χ0n) is 12.1. The van der Waals surface area contributed by atoms with Gasteiger partial charge in [0, 0.05) is 57.1 Å². The summed E-state index contributed by atoms with van der Waals surface area (Å²) in [5.74, 6) is 0.147. The second kappa shape index (κ2) is 7.14. The van der Waals surface area contributed by atoms with Crippen molar-refractivity contribution in [1.29, 1.82) is 0 Å². The number of hydrogen-bond acceptors (Lipinski definition) is 4. The lowest BCUT2D eigenvalue weighted by Gasteiger charge is -2.36. The molecule has 0 aliphatic carbocycles. The van der Waals surface area contributed by atoms with Crippen molar-refractivity contribution in [2.24, 2.45) is 0 Å². The molecule has 0 radical (unpaired) electrons. The minimum absolute atomic E-state index is 0.147. The van der Waals surface area contributed by atoms with E-state index >= 15 is 0 Å². The molecule has 110 valence electrons. The van der Waals surface area contributed by atoms with Crippen LogP contribution in [0.5, 0.6) is 0 Å². The van der Waals surface area contributed by atoms with Gasteiger partial charge in [0.05, 0.1) is 0 Å². The van der Waals surface area contributed by atoms with Crippen LogP contribution in [0.3, 0.4) is 0 Å². The van der Waals surface area contributed by atoms with E-state index in [0.717, 1.165) is 38.4 Å². The first-order chi connectivity index (χ1) is 9.69. The normalized spacial score (nSPS) is 16.1. The molecule has 5 heteroatoms. The number of nitrogens with zero attached hydrogens (tertiary/aromatic N) is 2. The largest absolute Gasteiger partial charge is 0.399 e. The zero-order chi connectivity index (χ0) is 14.4. The van der Waals surface area contributed by atoms with E-state index in [1.807, 2.05) is 19.1 Å². The molecule has 0 aromatic heterocycles. The SMILES string of the molecule is CCNC(=O)CCN1CCN(c2ccc(N)cc2)CC1. The summed E-state index contributed by atoms with van der Waals surface area (Å²) in [4.78, 5) is 16.2. The second-order valence-corrected chi connectivity index (χ2v) is 5.12. The summed E-state index contributed by atoms with van der Waals surface area (Å²) in [6.07, 6.45) is 0.593. The van der Waals surface area contributed by atoms with Gasteiger partial charge in [-0.25, -0.2) is 0 Å². The minimum atomic E-state index is 0.147. The van der Waals surface area contributed by atoms with E-state index in [2.05, 4.69) is 27.2 Å². The van der Waals surface area contributed by atoms with E-state index in [-0.39, 0.29) is 5.91 Å². The van der Waals surface area contributed by atoms with E-state index < -0.39 is 0 Å². The van der Waals surface area contributed by atoms with Gasteiger partial charge in [-0.1, -0.05) is 0 Å². The van der Waals surface area contributed by atoms with Gasteiger partial charge >= 0.3 is 0 Å². The third kappa shape index (κ3) is 4.13. The lowest BCUT2D eigenvalue weighted by molar-refractivity contribution is -0.121. The second-order valence-electron chi connectivity index (χ2n) is 5.12. The first kappa shape index (κ1) is 14.7. The fraction of sp³-hybridized carbons (Fsp3) is 0.533. The maximum Gasteiger partial charge on any atom is 0.221 e. The predicted molar refractivity (Wildman–Crippen MR) is 82.8 cm³/mol. The molecule has 0 unspecified atom stereocenters. The third-order valence-corrected chi connectivity index (χ3v) is 3.66. The average molecular weight is 276 g/mol. The number of nitrogen functional groups attached to an aromatic ring is 1. The number of rotatable bonds is 5. The first-order valence-corrected chi connectivity index (χ1v) is 7.28. The summed E-state index contributed by atoms with van der Waals surface area (Å²) in [5, 5.41) is 2.84. The number of piperazine rings is 1. The fourth-order valence-electron chi connectivity index (χ4n) is 2.46. The Morgan fingerprint density at radius 2 is 1.85 bits per heavy atom. The van der Waals surface area contributed by atoms with Crippen LogP contribution >= 0.6 is 0 Å². The number of nitrogens with one attached hydrogen (secondary N) is 1. The van der Waals surface area contributed by atoms with Gasteiger partial charge in [-0.3, -0.25) is 9.69 Å². The number of carbonyl (C=O) groups is 1. The standard InChI is InChI=1S/C15H24N4O/c1-2-17-15(20)7-8-18-9-11-19(12-10-18)14-5-3-13(16)4-6-14/h3-6H,2,7-12,16H2,1H3,(H,17,20). The quantitative estimate of drug-likeness (QED) is 0.785. The van der Waals surface area contributed by atoms with Crippen LogP contribution < -0.4 is 16.0 Å². The lowest BCUT2D eigenvalue weighted by atomic mass is 10.2. The van der Waals surface area contributed by atoms with Gasteiger partial charge in [-0.15, -0.1) is 0 Å².